The quantitative estimate of drug-likeness (QED) is 0.485. The van der Waals surface area contributed by atoms with Crippen molar-refractivity contribution in [2.45, 2.75) is 31.4 Å². The summed E-state index contributed by atoms with van der Waals surface area (Å²) in [5.41, 5.74) is 5.33. The maximum Gasteiger partial charge on any atom is 0.261 e. The van der Waals surface area contributed by atoms with Crippen molar-refractivity contribution in [3.63, 3.8) is 0 Å². The third kappa shape index (κ3) is 6.60. The van der Waals surface area contributed by atoms with Crippen LogP contribution in [0, 0.1) is 20.8 Å². The molecule has 1 amide bonds. The lowest BCUT2D eigenvalue weighted by atomic mass is 10.1. The lowest BCUT2D eigenvalue weighted by molar-refractivity contribution is -0.113. The summed E-state index contributed by atoms with van der Waals surface area (Å²) in [5, 5.41) is 2.81. The lowest BCUT2D eigenvalue weighted by Crippen LogP contribution is -2.15. The Morgan fingerprint density at radius 3 is 2.19 bits per heavy atom. The van der Waals surface area contributed by atoms with Gasteiger partial charge in [0.1, 0.15) is 0 Å². The Bertz CT molecular complexity index is 1160. The van der Waals surface area contributed by atoms with E-state index in [0.29, 0.717) is 17.1 Å². The van der Waals surface area contributed by atoms with Crippen LogP contribution < -0.4 is 10.0 Å². The summed E-state index contributed by atoms with van der Waals surface area (Å²) >= 11 is 1.53. The zero-order valence-corrected chi connectivity index (χ0v) is 19.4. The van der Waals surface area contributed by atoms with Crippen molar-refractivity contribution in [3.05, 3.63) is 89.0 Å². The van der Waals surface area contributed by atoms with E-state index in [2.05, 4.69) is 34.3 Å². The number of carbonyl (C=O) groups excluding carboxylic acids is 1. The average Bonchev–Trinajstić information content (AvgIpc) is 2.72. The molecule has 3 aromatic rings. The maximum atomic E-state index is 12.7. The molecule has 0 aliphatic carbocycles. The van der Waals surface area contributed by atoms with E-state index in [4.69, 9.17) is 0 Å². The number of hydrogen-bond acceptors (Lipinski definition) is 4. The lowest BCUT2D eigenvalue weighted by Gasteiger charge is -2.12. The Balaban J connectivity index is 1.55. The molecule has 7 heteroatoms. The molecule has 0 saturated heterocycles. The fourth-order valence-corrected chi connectivity index (χ4v) is 4.82. The van der Waals surface area contributed by atoms with Crippen molar-refractivity contribution in [3.8, 4) is 0 Å². The number of carbonyl (C=O) groups is 1. The van der Waals surface area contributed by atoms with Crippen LogP contribution in [-0.2, 0) is 20.6 Å². The summed E-state index contributed by atoms with van der Waals surface area (Å²) in [6, 6.07) is 20.0. The van der Waals surface area contributed by atoms with Crippen molar-refractivity contribution in [1.82, 2.24) is 0 Å². The Kier molecular flexibility index (Phi) is 7.41. The normalized spacial score (nSPS) is 11.2. The Morgan fingerprint density at radius 2 is 1.52 bits per heavy atom. The minimum absolute atomic E-state index is 0.124. The van der Waals surface area contributed by atoms with Gasteiger partial charge in [-0.25, -0.2) is 8.42 Å². The zero-order valence-electron chi connectivity index (χ0n) is 17.8. The van der Waals surface area contributed by atoms with Gasteiger partial charge < -0.3 is 5.32 Å². The first kappa shape index (κ1) is 22.9. The van der Waals surface area contributed by atoms with Gasteiger partial charge in [0, 0.05) is 11.4 Å². The summed E-state index contributed by atoms with van der Waals surface area (Å²) < 4.78 is 28.0. The molecule has 0 unspecified atom stereocenters. The predicted octanol–water partition coefficient (Wildman–Crippen LogP) is 5.28. The van der Waals surface area contributed by atoms with Crippen LogP contribution >= 0.6 is 11.8 Å². The first-order valence-corrected chi connectivity index (χ1v) is 12.5. The SMILES string of the molecule is Cc1ccc(CSCC(=O)Nc2ccc(S(=O)(=O)Nc3cc(C)ccc3C)cc2)cc1. The highest BCUT2D eigenvalue weighted by Gasteiger charge is 2.15. The Labute approximate surface area is 188 Å². The summed E-state index contributed by atoms with van der Waals surface area (Å²) in [4.78, 5) is 12.3. The van der Waals surface area contributed by atoms with Crippen LogP contribution in [0.25, 0.3) is 0 Å². The molecule has 0 spiro atoms. The molecule has 0 bridgehead atoms. The van der Waals surface area contributed by atoms with Crippen molar-refractivity contribution in [2.75, 3.05) is 15.8 Å². The summed E-state index contributed by atoms with van der Waals surface area (Å²) in [7, 11) is -3.71. The van der Waals surface area contributed by atoms with Gasteiger partial charge in [-0.05, 0) is 67.8 Å². The van der Waals surface area contributed by atoms with Crippen LogP contribution in [0.4, 0.5) is 11.4 Å². The molecule has 3 rings (SSSR count). The number of rotatable bonds is 8. The number of nitrogens with one attached hydrogen (secondary N) is 2. The van der Waals surface area contributed by atoms with E-state index in [9.17, 15) is 13.2 Å². The molecule has 0 aliphatic heterocycles. The molecule has 0 aromatic heterocycles. The van der Waals surface area contributed by atoms with Gasteiger partial charge in [0.15, 0.2) is 0 Å². The first-order valence-electron chi connectivity index (χ1n) is 9.86. The number of amides is 1. The van der Waals surface area contributed by atoms with Crippen molar-refractivity contribution >= 4 is 39.1 Å². The van der Waals surface area contributed by atoms with Crippen LogP contribution in [0.1, 0.15) is 22.3 Å². The number of sulfonamides is 1. The zero-order chi connectivity index (χ0) is 22.4. The van der Waals surface area contributed by atoms with Gasteiger partial charge in [0.05, 0.1) is 16.3 Å². The summed E-state index contributed by atoms with van der Waals surface area (Å²) in [5.74, 6) is 0.957. The van der Waals surface area contributed by atoms with E-state index in [1.165, 1.54) is 35.0 Å². The van der Waals surface area contributed by atoms with Crippen LogP contribution in [0.3, 0.4) is 0 Å². The molecule has 0 aliphatic rings. The molecule has 0 saturated carbocycles. The average molecular weight is 455 g/mol. The fraction of sp³-hybridized carbons (Fsp3) is 0.208. The van der Waals surface area contributed by atoms with Crippen LogP contribution in [0.5, 0.6) is 0 Å². The molecular formula is C24H26N2O3S2. The standard InChI is InChI=1S/C24H26N2O3S2/c1-17-5-8-20(9-6-17)15-30-16-24(27)25-21-10-12-22(13-11-21)31(28,29)26-23-14-18(2)4-7-19(23)3/h4-14,26H,15-16H2,1-3H3,(H,25,27). The largest absolute Gasteiger partial charge is 0.325 e. The minimum Gasteiger partial charge on any atom is -0.325 e. The number of benzene rings is 3. The predicted molar refractivity (Wildman–Crippen MR) is 129 cm³/mol. The van der Waals surface area contributed by atoms with Gasteiger partial charge in [0.25, 0.3) is 10.0 Å². The smallest absolute Gasteiger partial charge is 0.261 e. The highest BCUT2D eigenvalue weighted by atomic mass is 32.2. The summed E-state index contributed by atoms with van der Waals surface area (Å²) in [6.07, 6.45) is 0. The van der Waals surface area contributed by atoms with E-state index in [1.54, 1.807) is 18.2 Å². The van der Waals surface area contributed by atoms with E-state index < -0.39 is 10.0 Å². The fourth-order valence-electron chi connectivity index (χ4n) is 2.91. The van der Waals surface area contributed by atoms with E-state index in [-0.39, 0.29) is 10.8 Å². The Hall–Kier alpha value is -2.77. The van der Waals surface area contributed by atoms with E-state index in [0.717, 1.165) is 16.9 Å². The van der Waals surface area contributed by atoms with Crippen LogP contribution in [0.15, 0.2) is 71.6 Å². The second kappa shape index (κ2) is 10.0. The molecule has 31 heavy (non-hydrogen) atoms. The topological polar surface area (TPSA) is 75.3 Å². The third-order valence-corrected chi connectivity index (χ3v) is 7.09. The molecule has 0 heterocycles. The Morgan fingerprint density at radius 1 is 0.871 bits per heavy atom. The second-order valence-electron chi connectivity index (χ2n) is 7.47. The van der Waals surface area contributed by atoms with Gasteiger partial charge in [-0.1, -0.05) is 42.0 Å². The van der Waals surface area contributed by atoms with Crippen LogP contribution in [0.2, 0.25) is 0 Å². The van der Waals surface area contributed by atoms with Gasteiger partial charge >= 0.3 is 0 Å². The van der Waals surface area contributed by atoms with Gasteiger partial charge in [-0.2, -0.15) is 0 Å². The monoisotopic (exact) mass is 454 g/mol. The number of anilines is 2. The van der Waals surface area contributed by atoms with E-state index >= 15 is 0 Å². The molecule has 0 atom stereocenters. The van der Waals surface area contributed by atoms with Gasteiger partial charge in [-0.3, -0.25) is 9.52 Å². The molecule has 0 fully saturated rings. The molecule has 162 valence electrons. The molecule has 5 nitrogen and oxygen atoms in total. The van der Waals surface area contributed by atoms with Crippen LogP contribution in [-0.4, -0.2) is 20.1 Å². The minimum atomic E-state index is -3.71. The van der Waals surface area contributed by atoms with Gasteiger partial charge in [-0.15, -0.1) is 11.8 Å². The van der Waals surface area contributed by atoms with Crippen molar-refractivity contribution < 1.29 is 13.2 Å². The highest BCUT2D eigenvalue weighted by Crippen LogP contribution is 2.22. The van der Waals surface area contributed by atoms with E-state index in [1.807, 2.05) is 32.9 Å². The maximum absolute atomic E-state index is 12.7. The number of aryl methyl sites for hydroxylation is 3. The number of hydrogen-bond donors (Lipinski definition) is 2. The van der Waals surface area contributed by atoms with Gasteiger partial charge in [0.2, 0.25) is 5.91 Å². The van der Waals surface area contributed by atoms with Crippen molar-refractivity contribution in [2.24, 2.45) is 0 Å². The molecule has 3 aromatic carbocycles. The molecular weight excluding hydrogens is 428 g/mol. The highest BCUT2D eigenvalue weighted by molar-refractivity contribution is 7.99. The summed E-state index contributed by atoms with van der Waals surface area (Å²) in [6.45, 7) is 5.81. The first-order chi connectivity index (χ1) is 14.7. The third-order valence-electron chi connectivity index (χ3n) is 4.71. The molecule has 2 N–H and O–H groups in total. The second-order valence-corrected chi connectivity index (χ2v) is 10.1. The van der Waals surface area contributed by atoms with Crippen molar-refractivity contribution in [1.29, 1.82) is 0 Å². The number of thioether (sulfide) groups is 1. The molecule has 0 radical (unpaired) electrons.